The minimum atomic E-state index is 0.0253. The van der Waals surface area contributed by atoms with Crippen molar-refractivity contribution in [2.75, 3.05) is 50.7 Å². The second-order valence-electron chi connectivity index (χ2n) is 5.97. The molecule has 1 aromatic rings. The van der Waals surface area contributed by atoms with Crippen molar-refractivity contribution >= 4 is 11.7 Å². The molecule has 1 aliphatic heterocycles. The third kappa shape index (κ3) is 4.64. The molecule has 1 amide bonds. The van der Waals surface area contributed by atoms with Gasteiger partial charge in [0.05, 0.1) is 0 Å². The van der Waals surface area contributed by atoms with E-state index in [2.05, 4.69) is 40.5 Å². The van der Waals surface area contributed by atoms with Gasteiger partial charge in [-0.15, -0.1) is 0 Å². The highest BCUT2D eigenvalue weighted by Gasteiger charge is 2.23. The van der Waals surface area contributed by atoms with Crippen LogP contribution >= 0.6 is 0 Å². The first-order chi connectivity index (χ1) is 11.2. The average Bonchev–Trinajstić information content (AvgIpc) is 2.61. The van der Waals surface area contributed by atoms with Crippen molar-refractivity contribution in [3.8, 4) is 0 Å². The predicted octanol–water partition coefficient (Wildman–Crippen LogP) is 1.88. The summed E-state index contributed by atoms with van der Waals surface area (Å²) in [4.78, 5) is 27.8. The number of aromatic nitrogens is 2. The van der Waals surface area contributed by atoms with Gasteiger partial charge >= 0.3 is 0 Å². The van der Waals surface area contributed by atoms with E-state index in [0.29, 0.717) is 5.69 Å². The standard InChI is InChI=1S/C17H29N5O/c1-4-7-21(8-5-2)16-13-15(18-14-19-16)17(23)22-11-9-20(6-3)10-12-22/h13-14H,4-12H2,1-3H3. The number of anilines is 1. The summed E-state index contributed by atoms with van der Waals surface area (Å²) in [7, 11) is 0. The van der Waals surface area contributed by atoms with Crippen LogP contribution in [0.1, 0.15) is 44.1 Å². The van der Waals surface area contributed by atoms with Gasteiger partial charge in [0.25, 0.3) is 5.91 Å². The second kappa shape index (κ2) is 8.82. The van der Waals surface area contributed by atoms with Crippen LogP contribution in [0.3, 0.4) is 0 Å². The van der Waals surface area contributed by atoms with Crippen molar-refractivity contribution in [1.29, 1.82) is 0 Å². The molecule has 6 nitrogen and oxygen atoms in total. The number of amides is 1. The first-order valence-electron chi connectivity index (χ1n) is 8.78. The zero-order valence-corrected chi connectivity index (χ0v) is 14.7. The zero-order chi connectivity index (χ0) is 16.7. The minimum absolute atomic E-state index is 0.0253. The zero-order valence-electron chi connectivity index (χ0n) is 14.7. The summed E-state index contributed by atoms with van der Waals surface area (Å²) in [5.41, 5.74) is 0.511. The van der Waals surface area contributed by atoms with Crippen molar-refractivity contribution in [2.45, 2.75) is 33.6 Å². The molecule has 0 radical (unpaired) electrons. The summed E-state index contributed by atoms with van der Waals surface area (Å²) in [6.07, 6.45) is 3.64. The number of piperazine rings is 1. The van der Waals surface area contributed by atoms with Crippen LogP contribution in [0, 0.1) is 0 Å². The number of carbonyl (C=O) groups is 1. The molecule has 0 aliphatic carbocycles. The smallest absolute Gasteiger partial charge is 0.272 e. The van der Waals surface area contributed by atoms with E-state index in [-0.39, 0.29) is 5.91 Å². The maximum Gasteiger partial charge on any atom is 0.272 e. The molecule has 0 N–H and O–H groups in total. The SMILES string of the molecule is CCCN(CCC)c1cc(C(=O)N2CCN(CC)CC2)ncn1. The van der Waals surface area contributed by atoms with E-state index in [1.807, 2.05) is 11.0 Å². The Morgan fingerprint density at radius 3 is 2.30 bits per heavy atom. The Morgan fingerprint density at radius 1 is 1.09 bits per heavy atom. The highest BCUT2D eigenvalue weighted by molar-refractivity contribution is 5.93. The van der Waals surface area contributed by atoms with Gasteiger partial charge in [0, 0.05) is 45.3 Å². The molecule has 1 saturated heterocycles. The summed E-state index contributed by atoms with van der Waals surface area (Å²) in [5, 5.41) is 0. The van der Waals surface area contributed by atoms with Crippen LogP contribution in [0.15, 0.2) is 12.4 Å². The fourth-order valence-electron chi connectivity index (χ4n) is 2.95. The van der Waals surface area contributed by atoms with Gasteiger partial charge in [-0.05, 0) is 19.4 Å². The van der Waals surface area contributed by atoms with Crippen LogP contribution in [-0.2, 0) is 0 Å². The Balaban J connectivity index is 2.07. The maximum absolute atomic E-state index is 12.7. The van der Waals surface area contributed by atoms with Crippen LogP contribution in [0.2, 0.25) is 0 Å². The monoisotopic (exact) mass is 319 g/mol. The molecule has 0 saturated carbocycles. The van der Waals surface area contributed by atoms with E-state index < -0.39 is 0 Å². The van der Waals surface area contributed by atoms with Crippen LogP contribution in [0.5, 0.6) is 0 Å². The lowest BCUT2D eigenvalue weighted by Gasteiger charge is -2.34. The summed E-state index contributed by atoms with van der Waals surface area (Å²) in [6.45, 7) is 12.9. The molecule has 6 heteroatoms. The lowest BCUT2D eigenvalue weighted by Crippen LogP contribution is -2.48. The first kappa shape index (κ1) is 17.7. The molecule has 0 aromatic carbocycles. The average molecular weight is 319 g/mol. The molecule has 2 rings (SSSR count). The quantitative estimate of drug-likeness (QED) is 0.768. The number of likely N-dealkylation sites (N-methyl/N-ethyl adjacent to an activating group) is 1. The van der Waals surface area contributed by atoms with E-state index in [1.165, 1.54) is 6.33 Å². The molecule has 2 heterocycles. The predicted molar refractivity (Wildman–Crippen MR) is 92.8 cm³/mol. The summed E-state index contributed by atoms with van der Waals surface area (Å²) in [6, 6.07) is 1.85. The largest absolute Gasteiger partial charge is 0.357 e. The van der Waals surface area contributed by atoms with Crippen molar-refractivity contribution in [2.24, 2.45) is 0 Å². The Bertz CT molecular complexity index is 494. The van der Waals surface area contributed by atoms with Crippen LogP contribution in [-0.4, -0.2) is 71.5 Å². The second-order valence-corrected chi connectivity index (χ2v) is 5.97. The number of carbonyl (C=O) groups excluding carboxylic acids is 1. The molecular weight excluding hydrogens is 290 g/mol. The Morgan fingerprint density at radius 2 is 1.74 bits per heavy atom. The molecule has 0 spiro atoms. The summed E-state index contributed by atoms with van der Waals surface area (Å²) >= 11 is 0. The molecule has 0 unspecified atom stereocenters. The number of rotatable bonds is 7. The third-order valence-electron chi connectivity index (χ3n) is 4.29. The fourth-order valence-corrected chi connectivity index (χ4v) is 2.95. The maximum atomic E-state index is 12.7. The molecule has 0 bridgehead atoms. The van der Waals surface area contributed by atoms with Crippen molar-refractivity contribution in [3.63, 3.8) is 0 Å². The highest BCUT2D eigenvalue weighted by atomic mass is 16.2. The molecule has 23 heavy (non-hydrogen) atoms. The van der Waals surface area contributed by atoms with Gasteiger partial charge < -0.3 is 14.7 Å². The molecular formula is C17H29N5O. The third-order valence-corrected chi connectivity index (χ3v) is 4.29. The minimum Gasteiger partial charge on any atom is -0.357 e. The summed E-state index contributed by atoms with van der Waals surface area (Å²) in [5.74, 6) is 0.886. The number of hydrogen-bond acceptors (Lipinski definition) is 5. The fraction of sp³-hybridized carbons (Fsp3) is 0.706. The van der Waals surface area contributed by atoms with Gasteiger partial charge in [-0.25, -0.2) is 9.97 Å². The van der Waals surface area contributed by atoms with Gasteiger partial charge in [0.1, 0.15) is 17.8 Å². The van der Waals surface area contributed by atoms with E-state index >= 15 is 0 Å². The van der Waals surface area contributed by atoms with Gasteiger partial charge in [0.15, 0.2) is 0 Å². The molecule has 128 valence electrons. The Hall–Kier alpha value is -1.69. The van der Waals surface area contributed by atoms with Gasteiger partial charge in [-0.1, -0.05) is 20.8 Å². The molecule has 1 aromatic heterocycles. The number of nitrogens with zero attached hydrogens (tertiary/aromatic N) is 5. The lowest BCUT2D eigenvalue weighted by atomic mass is 10.2. The first-order valence-corrected chi connectivity index (χ1v) is 8.78. The van der Waals surface area contributed by atoms with E-state index in [0.717, 1.165) is 64.5 Å². The molecule has 1 aliphatic rings. The summed E-state index contributed by atoms with van der Waals surface area (Å²) < 4.78 is 0. The molecule has 0 atom stereocenters. The van der Waals surface area contributed by atoms with Gasteiger partial charge in [-0.3, -0.25) is 4.79 Å². The van der Waals surface area contributed by atoms with E-state index in [4.69, 9.17) is 0 Å². The lowest BCUT2D eigenvalue weighted by molar-refractivity contribution is 0.0637. The normalized spacial score (nSPS) is 15.7. The van der Waals surface area contributed by atoms with E-state index in [1.54, 1.807) is 0 Å². The number of hydrogen-bond donors (Lipinski definition) is 0. The van der Waals surface area contributed by atoms with Gasteiger partial charge in [-0.2, -0.15) is 0 Å². The van der Waals surface area contributed by atoms with Crippen molar-refractivity contribution in [1.82, 2.24) is 19.8 Å². The van der Waals surface area contributed by atoms with Crippen LogP contribution in [0.25, 0.3) is 0 Å². The van der Waals surface area contributed by atoms with Gasteiger partial charge in [0.2, 0.25) is 0 Å². The van der Waals surface area contributed by atoms with Crippen molar-refractivity contribution in [3.05, 3.63) is 18.1 Å². The highest BCUT2D eigenvalue weighted by Crippen LogP contribution is 2.14. The van der Waals surface area contributed by atoms with Crippen LogP contribution < -0.4 is 4.90 Å². The molecule has 1 fully saturated rings. The Labute approximate surface area is 139 Å². The topological polar surface area (TPSA) is 52.6 Å². The van der Waals surface area contributed by atoms with Crippen molar-refractivity contribution < 1.29 is 4.79 Å². The van der Waals surface area contributed by atoms with E-state index in [9.17, 15) is 4.79 Å². The van der Waals surface area contributed by atoms with Crippen LogP contribution in [0.4, 0.5) is 5.82 Å². The Kier molecular flexibility index (Phi) is 6.77.